The number of sulfone groups is 1. The monoisotopic (exact) mass is 397 g/mol. The SMILES string of the molecule is CCCCS(=O)(=O)C(=O)NCC(=O)N1CCN(c2ccc(OC)cc2)CC1. The van der Waals surface area contributed by atoms with Crippen LogP contribution in [-0.2, 0) is 14.6 Å². The van der Waals surface area contributed by atoms with Crippen molar-refractivity contribution in [2.24, 2.45) is 0 Å². The molecule has 1 fully saturated rings. The molecule has 1 N–H and O–H groups in total. The van der Waals surface area contributed by atoms with E-state index in [2.05, 4.69) is 10.2 Å². The number of nitrogens with zero attached hydrogens (tertiary/aromatic N) is 2. The lowest BCUT2D eigenvalue weighted by molar-refractivity contribution is -0.130. The maximum atomic E-state index is 12.3. The Labute approximate surface area is 160 Å². The molecule has 1 heterocycles. The van der Waals surface area contributed by atoms with Gasteiger partial charge < -0.3 is 19.9 Å². The number of carbonyl (C=O) groups is 2. The molecule has 9 heteroatoms. The normalized spacial score (nSPS) is 14.7. The van der Waals surface area contributed by atoms with Gasteiger partial charge in [0.25, 0.3) is 0 Å². The molecule has 150 valence electrons. The summed E-state index contributed by atoms with van der Waals surface area (Å²) in [5, 5.41) is 1.17. The number of methoxy groups -OCH3 is 1. The molecule has 0 spiro atoms. The highest BCUT2D eigenvalue weighted by Crippen LogP contribution is 2.20. The predicted octanol–water partition coefficient (Wildman–Crippen LogP) is 1.27. The first-order valence-corrected chi connectivity index (χ1v) is 10.7. The Morgan fingerprint density at radius 2 is 1.74 bits per heavy atom. The number of nitrogens with one attached hydrogen (secondary N) is 1. The molecule has 1 aromatic rings. The van der Waals surface area contributed by atoms with Crippen molar-refractivity contribution in [3.05, 3.63) is 24.3 Å². The zero-order chi connectivity index (χ0) is 19.9. The Morgan fingerprint density at radius 3 is 2.30 bits per heavy atom. The van der Waals surface area contributed by atoms with Gasteiger partial charge in [-0.1, -0.05) is 13.3 Å². The van der Waals surface area contributed by atoms with E-state index in [-0.39, 0.29) is 18.2 Å². The van der Waals surface area contributed by atoms with E-state index < -0.39 is 15.1 Å². The molecule has 0 aliphatic carbocycles. The van der Waals surface area contributed by atoms with Crippen LogP contribution in [0.4, 0.5) is 10.5 Å². The number of hydrogen-bond acceptors (Lipinski definition) is 6. The first kappa shape index (κ1) is 21.0. The van der Waals surface area contributed by atoms with Crippen LogP contribution >= 0.6 is 0 Å². The molecule has 0 atom stereocenters. The summed E-state index contributed by atoms with van der Waals surface area (Å²) in [6.07, 6.45) is 1.11. The first-order valence-electron chi connectivity index (χ1n) is 9.04. The summed E-state index contributed by atoms with van der Waals surface area (Å²) in [4.78, 5) is 27.8. The largest absolute Gasteiger partial charge is 0.497 e. The average Bonchev–Trinajstić information content (AvgIpc) is 2.70. The van der Waals surface area contributed by atoms with E-state index in [1.807, 2.05) is 31.2 Å². The number of anilines is 1. The van der Waals surface area contributed by atoms with E-state index in [9.17, 15) is 18.0 Å². The van der Waals surface area contributed by atoms with Gasteiger partial charge in [0.05, 0.1) is 19.4 Å². The van der Waals surface area contributed by atoms with Gasteiger partial charge in [-0.05, 0) is 30.7 Å². The lowest BCUT2D eigenvalue weighted by Gasteiger charge is -2.36. The van der Waals surface area contributed by atoms with E-state index >= 15 is 0 Å². The molecule has 1 aliphatic heterocycles. The summed E-state index contributed by atoms with van der Waals surface area (Å²) >= 11 is 0. The minimum Gasteiger partial charge on any atom is -0.497 e. The Balaban J connectivity index is 1.79. The highest BCUT2D eigenvalue weighted by atomic mass is 32.2. The van der Waals surface area contributed by atoms with E-state index in [4.69, 9.17) is 4.74 Å². The van der Waals surface area contributed by atoms with Gasteiger partial charge in [0, 0.05) is 31.9 Å². The van der Waals surface area contributed by atoms with Crippen molar-refractivity contribution in [2.45, 2.75) is 19.8 Å². The predicted molar refractivity (Wildman–Crippen MR) is 104 cm³/mol. The van der Waals surface area contributed by atoms with Crippen LogP contribution in [0.15, 0.2) is 24.3 Å². The average molecular weight is 397 g/mol. The van der Waals surface area contributed by atoms with Gasteiger partial charge in [-0.15, -0.1) is 0 Å². The standard InChI is InChI=1S/C18H27N3O5S/c1-3-4-13-27(24,25)18(23)19-14-17(22)21-11-9-20(10-12-21)15-5-7-16(26-2)8-6-15/h5-8H,3-4,9-14H2,1-2H3,(H,19,23). The second-order valence-corrected chi connectivity index (χ2v) is 8.39. The van der Waals surface area contributed by atoms with Gasteiger partial charge in [0.2, 0.25) is 15.7 Å². The molecule has 0 bridgehead atoms. The van der Waals surface area contributed by atoms with Gasteiger partial charge in [-0.25, -0.2) is 8.42 Å². The summed E-state index contributed by atoms with van der Waals surface area (Å²) in [5.41, 5.74) is 1.05. The molecule has 0 aromatic heterocycles. The number of unbranched alkanes of at least 4 members (excludes halogenated alkanes) is 1. The van der Waals surface area contributed by atoms with E-state index in [1.165, 1.54) is 0 Å². The molecule has 1 saturated heterocycles. The van der Waals surface area contributed by atoms with Gasteiger partial charge in [-0.2, -0.15) is 0 Å². The molecular formula is C18H27N3O5S. The van der Waals surface area contributed by atoms with Crippen molar-refractivity contribution in [3.8, 4) is 5.75 Å². The van der Waals surface area contributed by atoms with Crippen LogP contribution in [0.1, 0.15) is 19.8 Å². The van der Waals surface area contributed by atoms with Gasteiger partial charge in [0.15, 0.2) is 0 Å². The molecular weight excluding hydrogens is 370 g/mol. The van der Waals surface area contributed by atoms with Crippen molar-refractivity contribution in [1.29, 1.82) is 0 Å². The lowest BCUT2D eigenvalue weighted by atomic mass is 10.2. The maximum Gasteiger partial charge on any atom is 0.336 e. The third-order valence-corrected chi connectivity index (χ3v) is 6.04. The molecule has 2 amide bonds. The van der Waals surface area contributed by atoms with Crippen LogP contribution in [0, 0.1) is 0 Å². The smallest absolute Gasteiger partial charge is 0.336 e. The van der Waals surface area contributed by atoms with E-state index in [0.717, 1.165) is 11.4 Å². The lowest BCUT2D eigenvalue weighted by Crippen LogP contribution is -2.51. The first-order chi connectivity index (χ1) is 12.9. The van der Waals surface area contributed by atoms with Crippen LogP contribution < -0.4 is 15.0 Å². The number of hydrogen-bond donors (Lipinski definition) is 1. The van der Waals surface area contributed by atoms with Gasteiger partial charge in [0.1, 0.15) is 5.75 Å². The number of benzene rings is 1. The van der Waals surface area contributed by atoms with Gasteiger partial charge >= 0.3 is 5.24 Å². The van der Waals surface area contributed by atoms with Crippen LogP contribution in [-0.4, -0.2) is 70.1 Å². The second kappa shape index (κ2) is 9.59. The van der Waals surface area contributed by atoms with Crippen molar-refractivity contribution < 1.29 is 22.7 Å². The van der Waals surface area contributed by atoms with Crippen LogP contribution in [0.2, 0.25) is 0 Å². The number of rotatable bonds is 7. The van der Waals surface area contributed by atoms with Crippen molar-refractivity contribution >= 4 is 26.7 Å². The maximum absolute atomic E-state index is 12.3. The fourth-order valence-corrected chi connectivity index (χ4v) is 3.95. The van der Waals surface area contributed by atoms with Crippen molar-refractivity contribution in [3.63, 3.8) is 0 Å². The highest BCUT2D eigenvalue weighted by Gasteiger charge is 2.25. The third kappa shape index (κ3) is 5.85. The zero-order valence-electron chi connectivity index (χ0n) is 15.8. The topological polar surface area (TPSA) is 96.0 Å². The van der Waals surface area contributed by atoms with Crippen LogP contribution in [0.25, 0.3) is 0 Å². The number of amides is 2. The molecule has 1 aliphatic rings. The Bertz CT molecular complexity index is 741. The Morgan fingerprint density at radius 1 is 1.11 bits per heavy atom. The van der Waals surface area contributed by atoms with Gasteiger partial charge in [-0.3, -0.25) is 9.59 Å². The fourth-order valence-electron chi connectivity index (χ4n) is 2.80. The van der Waals surface area contributed by atoms with Crippen LogP contribution in [0.3, 0.4) is 0 Å². The minimum atomic E-state index is -3.84. The molecule has 0 radical (unpaired) electrons. The summed E-state index contributed by atoms with van der Waals surface area (Å²) in [6.45, 7) is 3.92. The molecule has 1 aromatic carbocycles. The minimum absolute atomic E-state index is 0.190. The summed E-state index contributed by atoms with van der Waals surface area (Å²) < 4.78 is 28.7. The summed E-state index contributed by atoms with van der Waals surface area (Å²) in [7, 11) is -2.22. The van der Waals surface area contributed by atoms with Crippen LogP contribution in [0.5, 0.6) is 5.75 Å². The molecule has 2 rings (SSSR count). The van der Waals surface area contributed by atoms with E-state index in [0.29, 0.717) is 39.0 Å². The molecule has 8 nitrogen and oxygen atoms in total. The zero-order valence-corrected chi connectivity index (χ0v) is 16.6. The molecule has 0 unspecified atom stereocenters. The van der Waals surface area contributed by atoms with Crippen molar-refractivity contribution in [1.82, 2.24) is 10.2 Å². The Kier molecular flexibility index (Phi) is 7.46. The molecule has 0 saturated carbocycles. The highest BCUT2D eigenvalue weighted by molar-refractivity contribution is 8.06. The summed E-state index contributed by atoms with van der Waals surface area (Å²) in [6, 6.07) is 7.72. The molecule has 27 heavy (non-hydrogen) atoms. The number of carbonyl (C=O) groups excluding carboxylic acids is 2. The third-order valence-electron chi connectivity index (χ3n) is 4.50. The second-order valence-electron chi connectivity index (χ2n) is 6.38. The number of piperazine rings is 1. The number of ether oxygens (including phenoxy) is 1. The van der Waals surface area contributed by atoms with Crippen molar-refractivity contribution in [2.75, 3.05) is 50.5 Å². The Hall–Kier alpha value is -2.29. The van der Waals surface area contributed by atoms with E-state index in [1.54, 1.807) is 12.0 Å². The quantitative estimate of drug-likeness (QED) is 0.744. The fraction of sp³-hybridized carbons (Fsp3) is 0.556. The summed E-state index contributed by atoms with van der Waals surface area (Å²) in [5.74, 6) is 0.324.